The van der Waals surface area contributed by atoms with Gasteiger partial charge in [0.05, 0.1) is 0 Å². The highest BCUT2D eigenvalue weighted by molar-refractivity contribution is 5.37. The van der Waals surface area contributed by atoms with Crippen LogP contribution in [0.5, 0.6) is 5.88 Å². The first-order chi connectivity index (χ1) is 8.69. The summed E-state index contributed by atoms with van der Waals surface area (Å²) in [6.45, 7) is 3.85. The molecule has 18 heavy (non-hydrogen) atoms. The summed E-state index contributed by atoms with van der Waals surface area (Å²) in [6, 6.07) is 11.9. The summed E-state index contributed by atoms with van der Waals surface area (Å²) in [5.41, 5.74) is 1.12. The van der Waals surface area contributed by atoms with Gasteiger partial charge in [-0.15, -0.1) is 0 Å². The van der Waals surface area contributed by atoms with Crippen molar-refractivity contribution in [2.45, 2.75) is 20.0 Å². The monoisotopic (exact) mass is 243 g/mol. The third-order valence-corrected chi connectivity index (χ3v) is 2.64. The third kappa shape index (κ3) is 2.97. The Labute approximate surface area is 107 Å². The lowest BCUT2D eigenvalue weighted by molar-refractivity contribution is 0.217. The van der Waals surface area contributed by atoms with Gasteiger partial charge in [0.25, 0.3) is 0 Å². The molecular formula is C14H17N3O. The number of aryl methyl sites for hydroxylation is 1. The van der Waals surface area contributed by atoms with Crippen LogP contribution in [0.15, 0.2) is 36.4 Å². The van der Waals surface area contributed by atoms with E-state index in [4.69, 9.17) is 4.74 Å². The molecule has 0 radical (unpaired) electrons. The summed E-state index contributed by atoms with van der Waals surface area (Å²) < 4.78 is 5.83. The molecule has 2 aromatic rings. The van der Waals surface area contributed by atoms with E-state index in [1.807, 2.05) is 51.2 Å². The Morgan fingerprint density at radius 2 is 1.89 bits per heavy atom. The van der Waals surface area contributed by atoms with Crippen molar-refractivity contribution in [3.8, 4) is 5.88 Å². The van der Waals surface area contributed by atoms with Gasteiger partial charge in [0.1, 0.15) is 17.7 Å². The molecular weight excluding hydrogens is 226 g/mol. The molecule has 0 amide bonds. The zero-order chi connectivity index (χ0) is 13.0. The second-order valence-electron chi connectivity index (χ2n) is 4.06. The molecule has 2 rings (SSSR count). The molecule has 0 aliphatic rings. The standard InChI is InChI=1S/C14H17N3O/c1-10(12-7-5-4-6-8-12)18-14-9-13(15-3)16-11(2)17-14/h4-10H,1-3H3,(H,15,16,17). The second kappa shape index (κ2) is 5.49. The van der Waals surface area contributed by atoms with Gasteiger partial charge in [-0.05, 0) is 19.4 Å². The van der Waals surface area contributed by atoms with Gasteiger partial charge in [0, 0.05) is 13.1 Å². The van der Waals surface area contributed by atoms with Crippen molar-refractivity contribution < 1.29 is 4.74 Å². The van der Waals surface area contributed by atoms with E-state index in [1.165, 1.54) is 0 Å². The first-order valence-electron chi connectivity index (χ1n) is 5.94. The van der Waals surface area contributed by atoms with E-state index >= 15 is 0 Å². The van der Waals surface area contributed by atoms with E-state index in [1.54, 1.807) is 6.07 Å². The summed E-state index contributed by atoms with van der Waals surface area (Å²) in [5.74, 6) is 2.04. The van der Waals surface area contributed by atoms with E-state index in [9.17, 15) is 0 Å². The zero-order valence-electron chi connectivity index (χ0n) is 10.8. The molecule has 0 bridgehead atoms. The number of nitrogens with zero attached hydrogens (tertiary/aromatic N) is 2. The topological polar surface area (TPSA) is 47.0 Å². The number of anilines is 1. The van der Waals surface area contributed by atoms with E-state index < -0.39 is 0 Å². The molecule has 1 heterocycles. The first-order valence-corrected chi connectivity index (χ1v) is 5.94. The summed E-state index contributed by atoms with van der Waals surface area (Å²) in [7, 11) is 1.83. The molecule has 4 nitrogen and oxygen atoms in total. The van der Waals surface area contributed by atoms with Crippen LogP contribution in [0.25, 0.3) is 0 Å². The maximum atomic E-state index is 5.83. The Hall–Kier alpha value is -2.10. The van der Waals surface area contributed by atoms with Crippen molar-refractivity contribution in [1.82, 2.24) is 9.97 Å². The summed E-state index contributed by atoms with van der Waals surface area (Å²) in [6.07, 6.45) is -0.0368. The Morgan fingerprint density at radius 1 is 1.17 bits per heavy atom. The van der Waals surface area contributed by atoms with Crippen LogP contribution in [0.3, 0.4) is 0 Å². The minimum Gasteiger partial charge on any atom is -0.470 e. The molecule has 0 saturated heterocycles. The maximum absolute atomic E-state index is 5.83. The fourth-order valence-corrected chi connectivity index (χ4v) is 1.70. The Bertz CT molecular complexity index is 514. The van der Waals surface area contributed by atoms with Crippen LogP contribution in [0.2, 0.25) is 0 Å². The molecule has 94 valence electrons. The molecule has 4 heteroatoms. The number of hydrogen-bond donors (Lipinski definition) is 1. The van der Waals surface area contributed by atoms with Crippen LogP contribution < -0.4 is 10.1 Å². The van der Waals surface area contributed by atoms with Crippen LogP contribution in [-0.4, -0.2) is 17.0 Å². The molecule has 0 aliphatic heterocycles. The molecule has 1 aromatic carbocycles. The van der Waals surface area contributed by atoms with Crippen LogP contribution in [0.1, 0.15) is 24.4 Å². The maximum Gasteiger partial charge on any atom is 0.219 e. The molecule has 1 N–H and O–H groups in total. The molecule has 0 aliphatic carbocycles. The van der Waals surface area contributed by atoms with E-state index in [2.05, 4.69) is 15.3 Å². The van der Waals surface area contributed by atoms with E-state index in [0.717, 1.165) is 11.4 Å². The van der Waals surface area contributed by atoms with Crippen molar-refractivity contribution in [2.75, 3.05) is 12.4 Å². The average molecular weight is 243 g/mol. The fraction of sp³-hybridized carbons (Fsp3) is 0.286. The molecule has 1 unspecified atom stereocenters. The van der Waals surface area contributed by atoms with Crippen molar-refractivity contribution in [2.24, 2.45) is 0 Å². The largest absolute Gasteiger partial charge is 0.470 e. The van der Waals surface area contributed by atoms with Gasteiger partial charge >= 0.3 is 0 Å². The van der Waals surface area contributed by atoms with Crippen molar-refractivity contribution in [1.29, 1.82) is 0 Å². The predicted molar refractivity (Wildman–Crippen MR) is 71.8 cm³/mol. The van der Waals surface area contributed by atoms with Crippen LogP contribution in [0, 0.1) is 6.92 Å². The van der Waals surface area contributed by atoms with Gasteiger partial charge in [0.2, 0.25) is 5.88 Å². The minimum absolute atomic E-state index is 0.0368. The van der Waals surface area contributed by atoms with E-state index in [-0.39, 0.29) is 6.10 Å². The SMILES string of the molecule is CNc1cc(OC(C)c2ccccc2)nc(C)n1. The van der Waals surface area contributed by atoms with Crippen molar-refractivity contribution >= 4 is 5.82 Å². The third-order valence-electron chi connectivity index (χ3n) is 2.64. The minimum atomic E-state index is -0.0368. The second-order valence-corrected chi connectivity index (χ2v) is 4.06. The van der Waals surface area contributed by atoms with Crippen LogP contribution in [0.4, 0.5) is 5.82 Å². The Balaban J connectivity index is 2.16. The lowest BCUT2D eigenvalue weighted by Gasteiger charge is -2.15. The highest BCUT2D eigenvalue weighted by Crippen LogP contribution is 2.21. The number of aromatic nitrogens is 2. The van der Waals surface area contributed by atoms with Gasteiger partial charge < -0.3 is 10.1 Å². The Morgan fingerprint density at radius 3 is 2.56 bits per heavy atom. The first kappa shape index (κ1) is 12.4. The molecule has 0 spiro atoms. The number of rotatable bonds is 4. The normalized spacial score (nSPS) is 11.9. The molecule has 0 fully saturated rings. The summed E-state index contributed by atoms with van der Waals surface area (Å²) in [4.78, 5) is 8.50. The average Bonchev–Trinajstić information content (AvgIpc) is 2.39. The number of ether oxygens (including phenoxy) is 1. The van der Waals surface area contributed by atoms with Gasteiger partial charge in [0.15, 0.2) is 0 Å². The van der Waals surface area contributed by atoms with Crippen molar-refractivity contribution in [3.63, 3.8) is 0 Å². The summed E-state index contributed by atoms with van der Waals surface area (Å²) >= 11 is 0. The van der Waals surface area contributed by atoms with Crippen molar-refractivity contribution in [3.05, 3.63) is 47.8 Å². The van der Waals surface area contributed by atoms with Gasteiger partial charge in [-0.1, -0.05) is 30.3 Å². The summed E-state index contributed by atoms with van der Waals surface area (Å²) in [5, 5.41) is 2.99. The highest BCUT2D eigenvalue weighted by Gasteiger charge is 2.09. The highest BCUT2D eigenvalue weighted by atomic mass is 16.5. The lowest BCUT2D eigenvalue weighted by atomic mass is 10.1. The van der Waals surface area contributed by atoms with Crippen LogP contribution >= 0.6 is 0 Å². The van der Waals surface area contributed by atoms with Gasteiger partial charge in [-0.2, -0.15) is 4.98 Å². The quantitative estimate of drug-likeness (QED) is 0.896. The number of hydrogen-bond acceptors (Lipinski definition) is 4. The van der Waals surface area contributed by atoms with Gasteiger partial charge in [-0.25, -0.2) is 4.98 Å². The number of nitrogens with one attached hydrogen (secondary N) is 1. The molecule has 0 saturated carbocycles. The lowest BCUT2D eigenvalue weighted by Crippen LogP contribution is -2.06. The van der Waals surface area contributed by atoms with E-state index in [0.29, 0.717) is 11.7 Å². The van der Waals surface area contributed by atoms with Crippen LogP contribution in [-0.2, 0) is 0 Å². The zero-order valence-corrected chi connectivity index (χ0v) is 10.8. The predicted octanol–water partition coefficient (Wildman–Crippen LogP) is 2.97. The van der Waals surface area contributed by atoms with Gasteiger partial charge in [-0.3, -0.25) is 0 Å². The Kier molecular flexibility index (Phi) is 3.77. The fourth-order valence-electron chi connectivity index (χ4n) is 1.70. The molecule has 1 aromatic heterocycles. The number of benzene rings is 1. The smallest absolute Gasteiger partial charge is 0.219 e. The molecule has 1 atom stereocenters.